The summed E-state index contributed by atoms with van der Waals surface area (Å²) in [6, 6.07) is 0. The van der Waals surface area contributed by atoms with Crippen LogP contribution in [-0.2, 0) is 14.3 Å². The van der Waals surface area contributed by atoms with Gasteiger partial charge in [-0.2, -0.15) is 0 Å². The Bertz CT molecular complexity index is 165. The Hall–Kier alpha value is -0.650. The van der Waals surface area contributed by atoms with E-state index in [1.165, 1.54) is 0 Å². The van der Waals surface area contributed by atoms with Crippen LogP contribution in [0.2, 0.25) is 0 Å². The molecule has 0 aliphatic heterocycles. The molecule has 0 aliphatic carbocycles. The summed E-state index contributed by atoms with van der Waals surface area (Å²) in [5, 5.41) is 2.80. The van der Waals surface area contributed by atoms with Crippen LogP contribution < -0.4 is 11.1 Å². The molecular weight excluding hydrogens is 208 g/mol. The van der Waals surface area contributed by atoms with Crippen LogP contribution in [0.5, 0.6) is 0 Å². The Morgan fingerprint density at radius 3 is 2.69 bits per heavy atom. The lowest BCUT2D eigenvalue weighted by molar-refractivity contribution is -0.121. The second-order valence-corrected chi connectivity index (χ2v) is 3.55. The fourth-order valence-corrected chi connectivity index (χ4v) is 1.20. The number of methoxy groups -OCH3 is 1. The molecule has 0 spiro atoms. The molecule has 0 rings (SSSR count). The normalized spacial score (nSPS) is 10.4. The lowest BCUT2D eigenvalue weighted by atomic mass is 10.2. The van der Waals surface area contributed by atoms with E-state index >= 15 is 0 Å². The van der Waals surface area contributed by atoms with Gasteiger partial charge in [0.05, 0.1) is 19.8 Å². The van der Waals surface area contributed by atoms with E-state index in [-0.39, 0.29) is 5.91 Å². The van der Waals surface area contributed by atoms with Gasteiger partial charge in [0.25, 0.3) is 0 Å². The van der Waals surface area contributed by atoms with E-state index in [2.05, 4.69) is 5.32 Å². The Labute approximate surface area is 97.7 Å². The number of hydrogen-bond acceptors (Lipinski definition) is 4. The van der Waals surface area contributed by atoms with E-state index < -0.39 is 0 Å². The number of hydrogen-bond donors (Lipinski definition) is 2. The Balaban J connectivity index is 3.11. The monoisotopic (exact) mass is 232 g/mol. The van der Waals surface area contributed by atoms with E-state index in [1.807, 2.05) is 0 Å². The molecule has 0 radical (unpaired) electrons. The molecular formula is C11H24N2O3. The highest BCUT2D eigenvalue weighted by Crippen LogP contribution is 1.97. The minimum absolute atomic E-state index is 0.0902. The van der Waals surface area contributed by atoms with Gasteiger partial charge in [0.15, 0.2) is 0 Å². The Kier molecular flexibility index (Phi) is 11.9. The maximum absolute atomic E-state index is 11.3. The SMILES string of the molecule is COCCOCCNC(=O)CCCCCN. The maximum atomic E-state index is 11.3. The van der Waals surface area contributed by atoms with E-state index in [0.29, 0.717) is 39.3 Å². The van der Waals surface area contributed by atoms with Crippen molar-refractivity contribution in [3.63, 3.8) is 0 Å². The van der Waals surface area contributed by atoms with Crippen LogP contribution in [0.15, 0.2) is 0 Å². The molecule has 5 nitrogen and oxygen atoms in total. The molecule has 0 unspecified atom stereocenters. The van der Waals surface area contributed by atoms with Crippen LogP contribution in [-0.4, -0.2) is 45.9 Å². The summed E-state index contributed by atoms with van der Waals surface area (Å²) in [4.78, 5) is 11.3. The number of carbonyl (C=O) groups excluding carboxylic acids is 1. The highest BCUT2D eigenvalue weighted by atomic mass is 16.5. The summed E-state index contributed by atoms with van der Waals surface area (Å²) < 4.78 is 10.0. The topological polar surface area (TPSA) is 73.6 Å². The molecule has 16 heavy (non-hydrogen) atoms. The van der Waals surface area contributed by atoms with Gasteiger partial charge in [-0.1, -0.05) is 6.42 Å². The van der Waals surface area contributed by atoms with Crippen molar-refractivity contribution >= 4 is 5.91 Å². The van der Waals surface area contributed by atoms with E-state index in [4.69, 9.17) is 15.2 Å². The molecule has 1 amide bonds. The summed E-state index contributed by atoms with van der Waals surface area (Å²) in [6.07, 6.45) is 3.51. The molecule has 0 aromatic carbocycles. The lowest BCUT2D eigenvalue weighted by Crippen LogP contribution is -2.27. The van der Waals surface area contributed by atoms with E-state index in [9.17, 15) is 4.79 Å². The van der Waals surface area contributed by atoms with Crippen molar-refractivity contribution in [2.75, 3.05) is 40.0 Å². The van der Waals surface area contributed by atoms with Crippen molar-refractivity contribution in [3.05, 3.63) is 0 Å². The van der Waals surface area contributed by atoms with Crippen LogP contribution in [0.25, 0.3) is 0 Å². The van der Waals surface area contributed by atoms with E-state index in [0.717, 1.165) is 19.3 Å². The van der Waals surface area contributed by atoms with Crippen molar-refractivity contribution in [1.29, 1.82) is 0 Å². The predicted octanol–water partition coefficient (Wildman–Crippen LogP) is 0.285. The van der Waals surface area contributed by atoms with Gasteiger partial charge in [0.1, 0.15) is 0 Å². The van der Waals surface area contributed by atoms with E-state index in [1.54, 1.807) is 7.11 Å². The molecule has 3 N–H and O–H groups in total. The highest BCUT2D eigenvalue weighted by molar-refractivity contribution is 5.75. The fourth-order valence-electron chi connectivity index (χ4n) is 1.20. The number of ether oxygens (including phenoxy) is 2. The summed E-state index contributed by atoms with van der Waals surface area (Å²) in [5.74, 6) is 0.0902. The van der Waals surface area contributed by atoms with Gasteiger partial charge in [-0.25, -0.2) is 0 Å². The van der Waals surface area contributed by atoms with Crippen molar-refractivity contribution in [2.45, 2.75) is 25.7 Å². The molecule has 0 heterocycles. The minimum Gasteiger partial charge on any atom is -0.382 e. The molecule has 0 aromatic heterocycles. The molecule has 0 aromatic rings. The highest BCUT2D eigenvalue weighted by Gasteiger charge is 1.99. The van der Waals surface area contributed by atoms with Gasteiger partial charge < -0.3 is 20.5 Å². The van der Waals surface area contributed by atoms with Gasteiger partial charge in [-0.3, -0.25) is 4.79 Å². The largest absolute Gasteiger partial charge is 0.382 e. The summed E-state index contributed by atoms with van der Waals surface area (Å²) in [5.41, 5.74) is 5.36. The Morgan fingerprint density at radius 1 is 1.19 bits per heavy atom. The number of amides is 1. The third-order valence-electron chi connectivity index (χ3n) is 2.11. The van der Waals surface area contributed by atoms with Gasteiger partial charge >= 0.3 is 0 Å². The van der Waals surface area contributed by atoms with Gasteiger partial charge in [-0.05, 0) is 19.4 Å². The molecule has 0 fully saturated rings. The van der Waals surface area contributed by atoms with Crippen molar-refractivity contribution < 1.29 is 14.3 Å². The zero-order chi connectivity index (χ0) is 12.1. The van der Waals surface area contributed by atoms with Crippen molar-refractivity contribution in [3.8, 4) is 0 Å². The number of nitrogens with two attached hydrogens (primary N) is 1. The second-order valence-electron chi connectivity index (χ2n) is 3.55. The number of nitrogens with one attached hydrogen (secondary N) is 1. The van der Waals surface area contributed by atoms with Gasteiger partial charge in [0.2, 0.25) is 5.91 Å². The molecule has 0 bridgehead atoms. The second kappa shape index (κ2) is 12.4. The first-order valence-electron chi connectivity index (χ1n) is 5.84. The smallest absolute Gasteiger partial charge is 0.220 e. The van der Waals surface area contributed by atoms with Crippen LogP contribution in [0.1, 0.15) is 25.7 Å². The quantitative estimate of drug-likeness (QED) is 0.502. The number of unbranched alkanes of at least 4 members (excludes halogenated alkanes) is 2. The standard InChI is InChI=1S/C11H24N2O3/c1-15-9-10-16-8-7-13-11(14)5-3-2-4-6-12/h2-10,12H2,1H3,(H,13,14). The number of carbonyl (C=O) groups is 1. The zero-order valence-corrected chi connectivity index (χ0v) is 10.2. The molecule has 96 valence electrons. The molecule has 0 saturated heterocycles. The van der Waals surface area contributed by atoms with Gasteiger partial charge in [-0.15, -0.1) is 0 Å². The van der Waals surface area contributed by atoms with Crippen molar-refractivity contribution in [2.24, 2.45) is 5.73 Å². The number of rotatable bonds is 11. The molecule has 0 atom stereocenters. The fraction of sp³-hybridized carbons (Fsp3) is 0.909. The maximum Gasteiger partial charge on any atom is 0.220 e. The first-order valence-corrected chi connectivity index (χ1v) is 5.84. The van der Waals surface area contributed by atoms with Crippen LogP contribution in [0, 0.1) is 0 Å². The predicted molar refractivity (Wildman–Crippen MR) is 63.2 cm³/mol. The summed E-state index contributed by atoms with van der Waals surface area (Å²) in [7, 11) is 1.63. The van der Waals surface area contributed by atoms with Crippen LogP contribution >= 0.6 is 0 Å². The average molecular weight is 232 g/mol. The minimum atomic E-state index is 0.0902. The first kappa shape index (κ1) is 15.3. The zero-order valence-electron chi connectivity index (χ0n) is 10.2. The summed E-state index contributed by atoms with van der Waals surface area (Å²) in [6.45, 7) is 2.97. The average Bonchev–Trinajstić information content (AvgIpc) is 2.29. The Morgan fingerprint density at radius 2 is 2.00 bits per heavy atom. The molecule has 0 saturated carbocycles. The van der Waals surface area contributed by atoms with Crippen LogP contribution in [0.3, 0.4) is 0 Å². The first-order chi connectivity index (χ1) is 7.81. The third kappa shape index (κ3) is 11.4. The van der Waals surface area contributed by atoms with Crippen molar-refractivity contribution in [1.82, 2.24) is 5.32 Å². The lowest BCUT2D eigenvalue weighted by Gasteiger charge is -2.06. The third-order valence-corrected chi connectivity index (χ3v) is 2.11. The molecule has 5 heteroatoms. The summed E-state index contributed by atoms with van der Waals surface area (Å²) >= 11 is 0. The van der Waals surface area contributed by atoms with Crippen LogP contribution in [0.4, 0.5) is 0 Å². The van der Waals surface area contributed by atoms with Gasteiger partial charge in [0, 0.05) is 20.1 Å². The molecule has 0 aliphatic rings.